The van der Waals surface area contributed by atoms with Gasteiger partial charge < -0.3 is 5.32 Å². The summed E-state index contributed by atoms with van der Waals surface area (Å²) in [7, 11) is 1.64. The normalized spacial score (nSPS) is 26.0. The summed E-state index contributed by atoms with van der Waals surface area (Å²) in [6.07, 6.45) is 2.51. The summed E-state index contributed by atoms with van der Waals surface area (Å²) in [5, 5.41) is 11.4. The first-order valence-corrected chi connectivity index (χ1v) is 9.56. The highest BCUT2D eigenvalue weighted by Crippen LogP contribution is 2.43. The topological polar surface area (TPSA) is 69.1 Å². The third-order valence-electron chi connectivity index (χ3n) is 5.43. The highest BCUT2D eigenvalue weighted by atomic mass is 79.9. The molecular formula is C20H21BrN4O. The van der Waals surface area contributed by atoms with E-state index < -0.39 is 11.5 Å². The van der Waals surface area contributed by atoms with Crippen LogP contribution >= 0.6 is 15.9 Å². The molecule has 2 heterocycles. The van der Waals surface area contributed by atoms with Crippen molar-refractivity contribution in [2.45, 2.75) is 37.1 Å². The minimum Gasteiger partial charge on any atom is -0.344 e. The maximum absolute atomic E-state index is 13.1. The van der Waals surface area contributed by atoms with Gasteiger partial charge in [0.05, 0.1) is 17.2 Å². The summed E-state index contributed by atoms with van der Waals surface area (Å²) >= 11 is 3.42. The molecular weight excluding hydrogens is 392 g/mol. The molecule has 26 heavy (non-hydrogen) atoms. The van der Waals surface area contributed by atoms with Gasteiger partial charge in [0, 0.05) is 7.05 Å². The van der Waals surface area contributed by atoms with Gasteiger partial charge in [0.15, 0.2) is 5.96 Å². The third kappa shape index (κ3) is 2.82. The Morgan fingerprint density at radius 2 is 1.85 bits per heavy atom. The Hall–Kier alpha value is -2.21. The predicted octanol–water partition coefficient (Wildman–Crippen LogP) is 3.72. The van der Waals surface area contributed by atoms with Crippen molar-refractivity contribution in [2.24, 2.45) is 0 Å². The Morgan fingerprint density at radius 3 is 2.46 bits per heavy atom. The Morgan fingerprint density at radius 1 is 1.19 bits per heavy atom. The predicted molar refractivity (Wildman–Crippen MR) is 104 cm³/mol. The minimum absolute atomic E-state index is 0.0881. The number of likely N-dealkylation sites (N-methyl/N-ethyl adjacent to an activating group) is 1. The molecule has 0 unspecified atom stereocenters. The summed E-state index contributed by atoms with van der Waals surface area (Å²) in [6.45, 7) is 1.95. The van der Waals surface area contributed by atoms with Gasteiger partial charge in [-0.2, -0.15) is 0 Å². The minimum atomic E-state index is -0.800. The molecule has 2 atom stereocenters. The molecule has 2 aromatic rings. The van der Waals surface area contributed by atoms with Gasteiger partial charge in [0.1, 0.15) is 4.60 Å². The van der Waals surface area contributed by atoms with Gasteiger partial charge in [-0.25, -0.2) is 4.98 Å². The van der Waals surface area contributed by atoms with Crippen molar-refractivity contribution in [2.75, 3.05) is 7.05 Å². The number of guanidine groups is 1. The molecule has 1 aromatic carbocycles. The molecule has 0 radical (unpaired) electrons. The number of pyridine rings is 1. The number of amides is 1. The first kappa shape index (κ1) is 17.2. The molecule has 1 aliphatic carbocycles. The average Bonchev–Trinajstić information content (AvgIpc) is 3.46. The van der Waals surface area contributed by atoms with Crippen LogP contribution in [0.3, 0.4) is 0 Å². The second-order valence-electron chi connectivity index (χ2n) is 7.29. The lowest BCUT2D eigenvalue weighted by molar-refractivity contribution is -0.131. The molecule has 1 aliphatic heterocycles. The number of halogens is 1. The summed E-state index contributed by atoms with van der Waals surface area (Å²) in [4.78, 5) is 19.1. The largest absolute Gasteiger partial charge is 0.344 e. The standard InChI is InChI=1S/C20H21BrN4O/c1-20(15-4-3-5-16(21)23-15)17(18(26)25(2)19(22)24-20)14-10-8-13(9-11-14)12-6-7-12/h3-5,8-12,17H,6-7H2,1-2H3,(H2,22,24)/t17-,20+/m0/s1. The Kier molecular flexibility index (Phi) is 4.10. The number of carbonyl (C=O) groups is 1. The number of nitrogens with zero attached hydrogens (tertiary/aromatic N) is 2. The zero-order valence-electron chi connectivity index (χ0n) is 14.8. The molecule has 0 spiro atoms. The first-order valence-electron chi connectivity index (χ1n) is 8.77. The number of rotatable bonds is 3. The smallest absolute Gasteiger partial charge is 0.239 e. The summed E-state index contributed by atoms with van der Waals surface area (Å²) < 4.78 is 0.707. The Labute approximate surface area is 161 Å². The van der Waals surface area contributed by atoms with Gasteiger partial charge in [-0.15, -0.1) is 0 Å². The first-order chi connectivity index (χ1) is 12.4. The van der Waals surface area contributed by atoms with Crippen LogP contribution in [-0.2, 0) is 10.3 Å². The molecule has 1 saturated heterocycles. The molecule has 4 rings (SSSR count). The van der Waals surface area contributed by atoms with Crippen LogP contribution in [0.5, 0.6) is 0 Å². The molecule has 1 aromatic heterocycles. The molecule has 134 valence electrons. The van der Waals surface area contributed by atoms with Crippen molar-refractivity contribution in [3.63, 3.8) is 0 Å². The van der Waals surface area contributed by atoms with Crippen LogP contribution in [0.15, 0.2) is 47.1 Å². The van der Waals surface area contributed by atoms with E-state index in [2.05, 4.69) is 50.5 Å². The van der Waals surface area contributed by atoms with Crippen molar-refractivity contribution in [1.82, 2.24) is 15.2 Å². The van der Waals surface area contributed by atoms with Crippen molar-refractivity contribution in [1.29, 1.82) is 5.41 Å². The lowest BCUT2D eigenvalue weighted by Crippen LogP contribution is -2.62. The van der Waals surface area contributed by atoms with Gasteiger partial charge >= 0.3 is 0 Å². The quantitative estimate of drug-likeness (QED) is 0.754. The van der Waals surface area contributed by atoms with Gasteiger partial charge in [0.2, 0.25) is 5.91 Å². The maximum Gasteiger partial charge on any atom is 0.239 e. The van der Waals surface area contributed by atoms with Crippen LogP contribution in [0, 0.1) is 5.41 Å². The SMILES string of the molecule is CN1C(=N)N[C@](C)(c2cccc(Br)n2)[C@@H](c2ccc(C3CC3)cc2)C1=O. The Bertz CT molecular complexity index is 878. The number of hydrogen-bond acceptors (Lipinski definition) is 3. The summed E-state index contributed by atoms with van der Waals surface area (Å²) in [5.41, 5.74) is 2.21. The fourth-order valence-electron chi connectivity index (χ4n) is 3.72. The number of nitrogens with one attached hydrogen (secondary N) is 2. The number of hydrogen-bond donors (Lipinski definition) is 2. The number of aromatic nitrogens is 1. The molecule has 1 saturated carbocycles. The van der Waals surface area contributed by atoms with Gasteiger partial charge in [-0.1, -0.05) is 30.3 Å². The van der Waals surface area contributed by atoms with Crippen LogP contribution < -0.4 is 5.32 Å². The van der Waals surface area contributed by atoms with Crippen molar-refractivity contribution in [3.8, 4) is 0 Å². The van der Waals surface area contributed by atoms with E-state index in [1.165, 1.54) is 23.3 Å². The van der Waals surface area contributed by atoms with E-state index in [0.29, 0.717) is 10.5 Å². The van der Waals surface area contributed by atoms with Gasteiger partial charge in [0.25, 0.3) is 0 Å². The Balaban J connectivity index is 1.80. The lowest BCUT2D eigenvalue weighted by atomic mass is 9.75. The van der Waals surface area contributed by atoms with Crippen LogP contribution in [0.4, 0.5) is 0 Å². The summed E-state index contributed by atoms with van der Waals surface area (Å²) in [5.74, 6) is 0.206. The van der Waals surface area contributed by atoms with Crippen LogP contribution in [0.1, 0.15) is 48.4 Å². The third-order valence-corrected chi connectivity index (χ3v) is 5.88. The van der Waals surface area contributed by atoms with Gasteiger partial charge in [-0.05, 0) is 64.9 Å². The average molecular weight is 413 g/mol. The van der Waals surface area contributed by atoms with Crippen LogP contribution in [0.25, 0.3) is 0 Å². The van der Waals surface area contributed by atoms with E-state index in [-0.39, 0.29) is 11.9 Å². The van der Waals surface area contributed by atoms with E-state index in [0.717, 1.165) is 11.3 Å². The molecule has 2 aliphatic rings. The number of carbonyl (C=O) groups excluding carboxylic acids is 1. The lowest BCUT2D eigenvalue weighted by Gasteiger charge is -2.45. The molecule has 2 fully saturated rings. The zero-order chi connectivity index (χ0) is 18.5. The van der Waals surface area contributed by atoms with Gasteiger partial charge in [-0.3, -0.25) is 15.1 Å². The molecule has 6 heteroatoms. The van der Waals surface area contributed by atoms with Crippen molar-refractivity contribution < 1.29 is 4.79 Å². The summed E-state index contributed by atoms with van der Waals surface area (Å²) in [6, 6.07) is 14.0. The fraction of sp³-hybridized carbons (Fsp3) is 0.350. The molecule has 2 N–H and O–H groups in total. The van der Waals surface area contributed by atoms with Crippen molar-refractivity contribution in [3.05, 3.63) is 63.9 Å². The monoisotopic (exact) mass is 412 g/mol. The highest BCUT2D eigenvalue weighted by Gasteiger charge is 2.49. The molecule has 0 bridgehead atoms. The van der Waals surface area contributed by atoms with E-state index in [9.17, 15) is 4.79 Å². The maximum atomic E-state index is 13.1. The molecule has 5 nitrogen and oxygen atoms in total. The van der Waals surface area contributed by atoms with E-state index in [1.807, 2.05) is 25.1 Å². The number of benzene rings is 1. The van der Waals surface area contributed by atoms with E-state index in [4.69, 9.17) is 5.41 Å². The van der Waals surface area contributed by atoms with E-state index in [1.54, 1.807) is 7.05 Å². The van der Waals surface area contributed by atoms with Crippen LogP contribution in [-0.4, -0.2) is 28.8 Å². The van der Waals surface area contributed by atoms with Crippen molar-refractivity contribution >= 4 is 27.8 Å². The second-order valence-corrected chi connectivity index (χ2v) is 8.11. The van der Waals surface area contributed by atoms with E-state index >= 15 is 0 Å². The second kappa shape index (κ2) is 6.20. The van der Waals surface area contributed by atoms with Crippen LogP contribution in [0.2, 0.25) is 0 Å². The fourth-order valence-corrected chi connectivity index (χ4v) is 4.06. The molecule has 1 amide bonds. The highest BCUT2D eigenvalue weighted by molar-refractivity contribution is 9.10. The zero-order valence-corrected chi connectivity index (χ0v) is 16.4.